The first-order valence-corrected chi connectivity index (χ1v) is 12.7. The summed E-state index contributed by atoms with van der Waals surface area (Å²) >= 11 is 6.52. The summed E-state index contributed by atoms with van der Waals surface area (Å²) in [6.45, 7) is 5.79. The number of hydrogen-bond donors (Lipinski definition) is 3. The standard InChI is InChI=1S/C27H31ClN8O2/c1-35-9-11-36(12-10-35)22-5-3-19(4-6-22)16-30-8-7-20-13-25(38-2)24(14-23(20)28)33-27(37)34-26-18-31-21(15-29)17-32-26/h3-6,13-14,17-18,30H,7-12,16H2,1-2H3,(H2,32,33,34,37). The van der Waals surface area contributed by atoms with Crippen LogP contribution in [-0.2, 0) is 13.0 Å². The number of benzene rings is 2. The van der Waals surface area contributed by atoms with Crippen LogP contribution >= 0.6 is 11.6 Å². The molecule has 0 bridgehead atoms. The summed E-state index contributed by atoms with van der Waals surface area (Å²) in [5, 5.41) is 18.1. The molecule has 1 fully saturated rings. The number of rotatable bonds is 9. The molecule has 1 aliphatic rings. The van der Waals surface area contributed by atoms with Gasteiger partial charge in [-0.05, 0) is 55.4 Å². The van der Waals surface area contributed by atoms with Crippen LogP contribution in [0.1, 0.15) is 16.8 Å². The van der Waals surface area contributed by atoms with Gasteiger partial charge in [-0.2, -0.15) is 5.26 Å². The minimum Gasteiger partial charge on any atom is -0.495 e. The van der Waals surface area contributed by atoms with Crippen molar-refractivity contribution in [1.82, 2.24) is 20.2 Å². The third-order valence-corrected chi connectivity index (χ3v) is 6.68. The highest BCUT2D eigenvalue weighted by Gasteiger charge is 2.15. The van der Waals surface area contributed by atoms with E-state index in [0.717, 1.165) is 44.8 Å². The minimum atomic E-state index is -0.536. The number of carbonyl (C=O) groups excluding carboxylic acids is 1. The van der Waals surface area contributed by atoms with Crippen LogP contribution in [0.3, 0.4) is 0 Å². The highest BCUT2D eigenvalue weighted by molar-refractivity contribution is 6.31. The Hall–Kier alpha value is -3.91. The highest BCUT2D eigenvalue weighted by atomic mass is 35.5. The van der Waals surface area contributed by atoms with E-state index in [-0.39, 0.29) is 11.5 Å². The van der Waals surface area contributed by atoms with Crippen LogP contribution < -0.4 is 25.6 Å². The SMILES string of the molecule is COc1cc(CCNCc2ccc(N3CCN(C)CC3)cc2)c(Cl)cc1NC(=O)Nc1cnc(C#N)cn1. The number of urea groups is 1. The lowest BCUT2D eigenvalue weighted by molar-refractivity contribution is 0.262. The first-order chi connectivity index (χ1) is 18.4. The van der Waals surface area contributed by atoms with Gasteiger partial charge in [0.1, 0.15) is 11.8 Å². The molecule has 3 aromatic rings. The number of likely N-dealkylation sites (N-methyl/N-ethyl adjacent to an activating group) is 1. The van der Waals surface area contributed by atoms with Crippen LogP contribution in [0.5, 0.6) is 5.75 Å². The number of halogens is 1. The summed E-state index contributed by atoms with van der Waals surface area (Å²) in [4.78, 5) is 25.0. The topological polar surface area (TPSA) is 118 Å². The number of hydrogen-bond acceptors (Lipinski definition) is 8. The summed E-state index contributed by atoms with van der Waals surface area (Å²) in [5.41, 5.74) is 3.99. The lowest BCUT2D eigenvalue weighted by Crippen LogP contribution is -2.44. The normalized spacial score (nSPS) is 13.6. The van der Waals surface area contributed by atoms with E-state index in [9.17, 15) is 4.79 Å². The van der Waals surface area contributed by atoms with E-state index in [1.54, 1.807) is 6.07 Å². The number of nitrogens with one attached hydrogen (secondary N) is 3. The molecule has 2 aromatic carbocycles. The van der Waals surface area contributed by atoms with E-state index in [1.165, 1.54) is 30.8 Å². The van der Waals surface area contributed by atoms with Crippen molar-refractivity contribution in [2.24, 2.45) is 0 Å². The number of methoxy groups -OCH3 is 1. The molecule has 0 radical (unpaired) electrons. The molecule has 2 amide bonds. The van der Waals surface area contributed by atoms with E-state index in [4.69, 9.17) is 21.6 Å². The van der Waals surface area contributed by atoms with Crippen molar-refractivity contribution in [2.75, 3.05) is 62.4 Å². The average molecular weight is 535 g/mol. The molecule has 1 saturated heterocycles. The second kappa shape index (κ2) is 13.1. The van der Waals surface area contributed by atoms with Gasteiger partial charge >= 0.3 is 6.03 Å². The van der Waals surface area contributed by atoms with Gasteiger partial charge in [0, 0.05) is 43.4 Å². The van der Waals surface area contributed by atoms with Crippen molar-refractivity contribution in [1.29, 1.82) is 5.26 Å². The second-order valence-corrected chi connectivity index (χ2v) is 9.41. The summed E-state index contributed by atoms with van der Waals surface area (Å²) in [6.07, 6.45) is 3.28. The van der Waals surface area contributed by atoms with Crippen molar-refractivity contribution < 1.29 is 9.53 Å². The van der Waals surface area contributed by atoms with E-state index in [1.807, 2.05) is 12.1 Å². The first-order valence-electron chi connectivity index (χ1n) is 12.3. The highest BCUT2D eigenvalue weighted by Crippen LogP contribution is 2.31. The molecule has 198 valence electrons. The van der Waals surface area contributed by atoms with Crippen molar-refractivity contribution in [2.45, 2.75) is 13.0 Å². The predicted octanol–water partition coefficient (Wildman–Crippen LogP) is 3.74. The van der Waals surface area contributed by atoms with E-state index < -0.39 is 6.03 Å². The molecule has 3 N–H and O–H groups in total. The monoisotopic (exact) mass is 534 g/mol. The van der Waals surface area contributed by atoms with Crippen molar-refractivity contribution in [3.63, 3.8) is 0 Å². The van der Waals surface area contributed by atoms with Gasteiger partial charge < -0.3 is 25.2 Å². The summed E-state index contributed by atoms with van der Waals surface area (Å²) in [5.74, 6) is 0.702. The lowest BCUT2D eigenvalue weighted by atomic mass is 10.1. The Labute approximate surface area is 227 Å². The molecule has 1 aliphatic heterocycles. The smallest absolute Gasteiger partial charge is 0.325 e. The van der Waals surface area contributed by atoms with Gasteiger partial charge in [0.05, 0.1) is 25.2 Å². The van der Waals surface area contributed by atoms with Crippen LogP contribution in [0.15, 0.2) is 48.8 Å². The Kier molecular flexibility index (Phi) is 9.32. The van der Waals surface area contributed by atoms with Crippen LogP contribution in [0.2, 0.25) is 5.02 Å². The van der Waals surface area contributed by atoms with Gasteiger partial charge in [-0.1, -0.05) is 23.7 Å². The van der Waals surface area contributed by atoms with Gasteiger partial charge in [-0.15, -0.1) is 0 Å². The number of ether oxygens (including phenoxy) is 1. The molecule has 2 heterocycles. The van der Waals surface area contributed by atoms with Crippen LogP contribution in [0, 0.1) is 11.3 Å². The fraction of sp³-hybridized carbons (Fsp3) is 0.333. The molecule has 0 atom stereocenters. The number of carbonyl (C=O) groups is 1. The van der Waals surface area contributed by atoms with E-state index >= 15 is 0 Å². The van der Waals surface area contributed by atoms with Crippen molar-refractivity contribution in [3.05, 3.63) is 70.6 Å². The minimum absolute atomic E-state index is 0.161. The maximum Gasteiger partial charge on any atom is 0.325 e. The molecule has 4 rings (SSSR count). The van der Waals surface area contributed by atoms with E-state index in [0.29, 0.717) is 22.9 Å². The van der Waals surface area contributed by atoms with Crippen LogP contribution in [-0.4, -0.2) is 67.8 Å². The van der Waals surface area contributed by atoms with E-state index in [2.05, 4.69) is 67.0 Å². The lowest BCUT2D eigenvalue weighted by Gasteiger charge is -2.34. The molecular formula is C27H31ClN8O2. The maximum absolute atomic E-state index is 12.4. The number of aromatic nitrogens is 2. The summed E-state index contributed by atoms with van der Waals surface area (Å²) in [6, 6.07) is 13.6. The number of nitrogens with zero attached hydrogens (tertiary/aromatic N) is 5. The molecule has 38 heavy (non-hydrogen) atoms. The second-order valence-electron chi connectivity index (χ2n) is 9.01. The zero-order chi connectivity index (χ0) is 26.9. The fourth-order valence-corrected chi connectivity index (χ4v) is 4.38. The summed E-state index contributed by atoms with van der Waals surface area (Å²) < 4.78 is 5.47. The quantitative estimate of drug-likeness (QED) is 0.355. The molecule has 0 saturated carbocycles. The zero-order valence-electron chi connectivity index (χ0n) is 21.5. The van der Waals surface area contributed by atoms with Crippen molar-refractivity contribution >= 4 is 34.8 Å². The fourth-order valence-electron chi connectivity index (χ4n) is 4.12. The van der Waals surface area contributed by atoms with Gasteiger partial charge in [0.2, 0.25) is 0 Å². The molecular weight excluding hydrogens is 504 g/mol. The van der Waals surface area contributed by atoms with Gasteiger partial charge in [-0.3, -0.25) is 5.32 Å². The largest absolute Gasteiger partial charge is 0.495 e. The van der Waals surface area contributed by atoms with Crippen LogP contribution in [0.4, 0.5) is 22.0 Å². The molecule has 1 aromatic heterocycles. The Morgan fingerprint density at radius 2 is 1.87 bits per heavy atom. The molecule has 0 spiro atoms. The average Bonchev–Trinajstić information content (AvgIpc) is 2.93. The van der Waals surface area contributed by atoms with Gasteiger partial charge in [-0.25, -0.2) is 14.8 Å². The molecule has 0 aliphatic carbocycles. The molecule has 10 nitrogen and oxygen atoms in total. The van der Waals surface area contributed by atoms with Gasteiger partial charge in [0.25, 0.3) is 0 Å². The Morgan fingerprint density at radius 3 is 2.53 bits per heavy atom. The summed E-state index contributed by atoms with van der Waals surface area (Å²) in [7, 11) is 3.70. The Bertz CT molecular complexity index is 1270. The molecule has 0 unspecified atom stereocenters. The first kappa shape index (κ1) is 27.1. The Balaban J connectivity index is 1.27. The number of nitriles is 1. The Morgan fingerprint density at radius 1 is 1.11 bits per heavy atom. The third-order valence-electron chi connectivity index (χ3n) is 6.33. The van der Waals surface area contributed by atoms with Crippen molar-refractivity contribution in [3.8, 4) is 11.8 Å². The number of amides is 2. The zero-order valence-corrected chi connectivity index (χ0v) is 22.3. The number of anilines is 3. The van der Waals surface area contributed by atoms with Crippen LogP contribution in [0.25, 0.3) is 0 Å². The molecule has 11 heteroatoms. The number of piperazine rings is 1. The third kappa shape index (κ3) is 7.32. The predicted molar refractivity (Wildman–Crippen MR) is 149 cm³/mol. The van der Waals surface area contributed by atoms with Gasteiger partial charge in [0.15, 0.2) is 11.5 Å². The maximum atomic E-state index is 12.4.